The number of pyridine rings is 1. The molecule has 0 radical (unpaired) electrons. The molecular weight excluding hydrogens is 341 g/mol. The molecular formula is C18H20FN3O4. The number of carboxylic acid groups (broad SMARTS) is 1. The Bertz CT molecular complexity index is 944. The van der Waals surface area contributed by atoms with Gasteiger partial charge in [-0.05, 0) is 32.0 Å². The van der Waals surface area contributed by atoms with Crippen molar-refractivity contribution in [3.05, 3.63) is 39.9 Å². The molecule has 2 aromatic rings. The molecule has 0 aliphatic carbocycles. The van der Waals surface area contributed by atoms with Crippen LogP contribution in [0.15, 0.2) is 23.1 Å². The first-order valence-electron chi connectivity index (χ1n) is 8.54. The molecule has 2 aliphatic rings. The molecule has 2 unspecified atom stereocenters. The van der Waals surface area contributed by atoms with E-state index in [-0.39, 0.29) is 5.39 Å². The minimum Gasteiger partial charge on any atom is -0.477 e. The van der Waals surface area contributed by atoms with Crippen LogP contribution in [-0.2, 0) is 0 Å². The molecule has 2 saturated heterocycles. The number of anilines is 1. The van der Waals surface area contributed by atoms with Crippen LogP contribution in [-0.4, -0.2) is 60.0 Å². The lowest BCUT2D eigenvalue weighted by Crippen LogP contribution is -2.52. The Hall–Kier alpha value is -2.61. The van der Waals surface area contributed by atoms with Gasteiger partial charge in [0.1, 0.15) is 18.5 Å². The van der Waals surface area contributed by atoms with Crippen molar-refractivity contribution in [2.75, 3.05) is 32.1 Å². The maximum atomic E-state index is 14.8. The van der Waals surface area contributed by atoms with Crippen molar-refractivity contribution in [3.63, 3.8) is 0 Å². The molecule has 8 heteroatoms. The molecule has 3 heterocycles. The zero-order valence-electron chi connectivity index (χ0n) is 14.6. The Morgan fingerprint density at radius 1 is 1.27 bits per heavy atom. The number of carboxylic acids is 1. The summed E-state index contributed by atoms with van der Waals surface area (Å²) in [7, 11) is 3.47. The van der Waals surface area contributed by atoms with E-state index in [1.807, 2.05) is 4.90 Å². The van der Waals surface area contributed by atoms with Crippen LogP contribution in [0, 0.1) is 5.82 Å². The number of benzene rings is 1. The zero-order valence-corrected chi connectivity index (χ0v) is 14.6. The third kappa shape index (κ3) is 2.44. The molecule has 2 aliphatic heterocycles. The SMILES string of the molecule is COn1cc(C(=O)O)c(=O)c2cc(F)c(N3CC4CCC(C3)N4C)cc21. The van der Waals surface area contributed by atoms with Crippen molar-refractivity contribution in [1.29, 1.82) is 0 Å². The minimum absolute atomic E-state index is 0.00917. The summed E-state index contributed by atoms with van der Waals surface area (Å²) >= 11 is 0. The van der Waals surface area contributed by atoms with Crippen molar-refractivity contribution < 1.29 is 19.1 Å². The normalized spacial score (nSPS) is 22.8. The number of rotatable bonds is 3. The fourth-order valence-electron chi connectivity index (χ4n) is 4.16. The topological polar surface area (TPSA) is 75.0 Å². The van der Waals surface area contributed by atoms with Crippen LogP contribution in [0.5, 0.6) is 0 Å². The van der Waals surface area contributed by atoms with Gasteiger partial charge >= 0.3 is 5.97 Å². The number of halogens is 1. The predicted molar refractivity (Wildman–Crippen MR) is 94.4 cm³/mol. The Labute approximate surface area is 149 Å². The maximum Gasteiger partial charge on any atom is 0.341 e. The van der Waals surface area contributed by atoms with Gasteiger partial charge in [-0.25, -0.2) is 9.18 Å². The van der Waals surface area contributed by atoms with E-state index in [0.29, 0.717) is 23.3 Å². The summed E-state index contributed by atoms with van der Waals surface area (Å²) < 4.78 is 16.0. The quantitative estimate of drug-likeness (QED) is 0.885. The van der Waals surface area contributed by atoms with Crippen LogP contribution >= 0.6 is 0 Å². The molecule has 2 atom stereocenters. The average molecular weight is 361 g/mol. The van der Waals surface area contributed by atoms with Crippen molar-refractivity contribution in [3.8, 4) is 0 Å². The van der Waals surface area contributed by atoms with E-state index in [1.165, 1.54) is 11.8 Å². The van der Waals surface area contributed by atoms with Gasteiger partial charge in [0.25, 0.3) is 0 Å². The van der Waals surface area contributed by atoms with Gasteiger partial charge in [0.05, 0.1) is 22.8 Å². The van der Waals surface area contributed by atoms with Gasteiger partial charge in [-0.15, -0.1) is 0 Å². The number of piperazine rings is 1. The first-order valence-corrected chi connectivity index (χ1v) is 8.54. The molecule has 1 aromatic carbocycles. The van der Waals surface area contributed by atoms with Crippen LogP contribution in [0.3, 0.4) is 0 Å². The van der Waals surface area contributed by atoms with E-state index in [9.17, 15) is 19.1 Å². The minimum atomic E-state index is -1.37. The lowest BCUT2D eigenvalue weighted by molar-refractivity contribution is 0.0691. The van der Waals surface area contributed by atoms with Gasteiger partial charge in [-0.3, -0.25) is 9.69 Å². The standard InChI is InChI=1S/C18H20FN3O4/c1-20-10-3-4-11(20)8-21(7-10)16-6-15-12(5-14(16)19)17(23)13(18(24)25)9-22(15)26-2/h5-6,9-11H,3-4,7-8H2,1-2H3,(H,24,25). The summed E-state index contributed by atoms with van der Waals surface area (Å²) in [4.78, 5) is 33.2. The third-order valence-corrected chi connectivity index (χ3v) is 5.65. The number of aromatic nitrogens is 1. The molecule has 0 saturated carbocycles. The van der Waals surface area contributed by atoms with E-state index in [2.05, 4.69) is 11.9 Å². The molecule has 4 rings (SSSR count). The number of aromatic carboxylic acids is 1. The number of likely N-dealkylation sites (N-methyl/N-ethyl adjacent to an activating group) is 1. The summed E-state index contributed by atoms with van der Waals surface area (Å²) in [5, 5.41) is 9.18. The largest absolute Gasteiger partial charge is 0.477 e. The second kappa shape index (κ2) is 5.98. The smallest absolute Gasteiger partial charge is 0.341 e. The highest BCUT2D eigenvalue weighted by molar-refractivity contribution is 5.93. The number of nitrogens with zero attached hydrogens (tertiary/aromatic N) is 3. The number of fused-ring (bicyclic) bond motifs is 3. The monoisotopic (exact) mass is 361 g/mol. The second-order valence-corrected chi connectivity index (χ2v) is 6.96. The Morgan fingerprint density at radius 3 is 2.50 bits per heavy atom. The van der Waals surface area contributed by atoms with Crippen molar-refractivity contribution in [2.24, 2.45) is 0 Å². The molecule has 26 heavy (non-hydrogen) atoms. The molecule has 2 fully saturated rings. The molecule has 1 N–H and O–H groups in total. The van der Waals surface area contributed by atoms with Gasteiger partial charge in [-0.2, -0.15) is 4.73 Å². The lowest BCUT2D eigenvalue weighted by atomic mass is 10.1. The Kier molecular flexibility index (Phi) is 3.87. The van der Waals surface area contributed by atoms with Crippen LogP contribution in [0.1, 0.15) is 23.2 Å². The molecule has 2 bridgehead atoms. The highest BCUT2D eigenvalue weighted by Crippen LogP contribution is 2.33. The number of hydrogen-bond donors (Lipinski definition) is 1. The molecule has 0 amide bonds. The Morgan fingerprint density at radius 2 is 1.92 bits per heavy atom. The van der Waals surface area contributed by atoms with E-state index >= 15 is 0 Å². The average Bonchev–Trinajstić information content (AvgIpc) is 2.83. The summed E-state index contributed by atoms with van der Waals surface area (Å²) in [5.41, 5.74) is -0.408. The molecule has 1 aromatic heterocycles. The molecule has 138 valence electrons. The van der Waals surface area contributed by atoms with Crippen LogP contribution in [0.2, 0.25) is 0 Å². The van der Waals surface area contributed by atoms with Gasteiger partial charge in [0, 0.05) is 25.2 Å². The highest BCUT2D eigenvalue weighted by Gasteiger charge is 2.38. The van der Waals surface area contributed by atoms with Crippen LogP contribution in [0.25, 0.3) is 10.9 Å². The predicted octanol–water partition coefficient (Wildman–Crippen LogP) is 1.18. The zero-order chi connectivity index (χ0) is 18.6. The van der Waals surface area contributed by atoms with Gasteiger partial charge in [0.15, 0.2) is 0 Å². The maximum absolute atomic E-state index is 14.8. The van der Waals surface area contributed by atoms with Crippen molar-refractivity contribution >= 4 is 22.6 Å². The Balaban J connectivity index is 1.85. The fraction of sp³-hybridized carbons (Fsp3) is 0.444. The summed E-state index contributed by atoms with van der Waals surface area (Å²) in [6.07, 6.45) is 3.32. The van der Waals surface area contributed by atoms with Gasteiger partial charge in [0.2, 0.25) is 5.43 Å². The summed E-state index contributed by atoms with van der Waals surface area (Å²) in [5.74, 6) is -1.90. The fourth-order valence-corrected chi connectivity index (χ4v) is 4.16. The van der Waals surface area contributed by atoms with Crippen LogP contribution < -0.4 is 15.2 Å². The summed E-state index contributed by atoms with van der Waals surface area (Å²) in [6, 6.07) is 3.48. The van der Waals surface area contributed by atoms with Gasteiger partial charge < -0.3 is 14.8 Å². The van der Waals surface area contributed by atoms with E-state index in [1.54, 1.807) is 6.07 Å². The first kappa shape index (κ1) is 16.8. The van der Waals surface area contributed by atoms with E-state index in [0.717, 1.165) is 38.2 Å². The van der Waals surface area contributed by atoms with E-state index < -0.39 is 22.8 Å². The first-order chi connectivity index (χ1) is 12.4. The highest BCUT2D eigenvalue weighted by atomic mass is 19.1. The van der Waals surface area contributed by atoms with Crippen LogP contribution in [0.4, 0.5) is 10.1 Å². The number of carbonyl (C=O) groups is 1. The third-order valence-electron chi connectivity index (χ3n) is 5.65. The summed E-state index contributed by atoms with van der Waals surface area (Å²) in [6.45, 7) is 1.44. The number of hydrogen-bond acceptors (Lipinski definition) is 5. The molecule has 0 spiro atoms. The van der Waals surface area contributed by atoms with Crippen molar-refractivity contribution in [2.45, 2.75) is 24.9 Å². The van der Waals surface area contributed by atoms with Gasteiger partial charge in [-0.1, -0.05) is 0 Å². The van der Waals surface area contributed by atoms with Crippen molar-refractivity contribution in [1.82, 2.24) is 9.63 Å². The lowest BCUT2D eigenvalue weighted by Gasteiger charge is -2.40. The van der Waals surface area contributed by atoms with E-state index in [4.69, 9.17) is 4.84 Å². The molecule has 7 nitrogen and oxygen atoms in total. The second-order valence-electron chi connectivity index (χ2n) is 6.96.